The number of carbonyl (C=O) groups is 2. The van der Waals surface area contributed by atoms with Crippen LogP contribution in [-0.4, -0.2) is 29.3 Å². The van der Waals surface area contributed by atoms with Crippen LogP contribution in [0, 0.1) is 5.92 Å². The summed E-state index contributed by atoms with van der Waals surface area (Å²) in [7, 11) is 0. The summed E-state index contributed by atoms with van der Waals surface area (Å²) in [5.74, 6) is -0.911. The minimum Gasteiger partial charge on any atom is -0.480 e. The lowest BCUT2D eigenvalue weighted by Gasteiger charge is -2.25. The van der Waals surface area contributed by atoms with Crippen molar-refractivity contribution < 1.29 is 19.4 Å². The number of carboxylic acids is 1. The highest BCUT2D eigenvalue weighted by atomic mass is 16.5. The molecule has 1 aliphatic rings. The molecule has 1 fully saturated rings. The van der Waals surface area contributed by atoms with E-state index in [9.17, 15) is 14.7 Å². The molecule has 4 N–H and O–H groups in total. The first-order valence-corrected chi connectivity index (χ1v) is 6.98. The lowest BCUT2D eigenvalue weighted by atomic mass is 9.96. The molecule has 0 saturated heterocycles. The topological polar surface area (TPSA) is 102 Å². The number of benzene rings is 1. The number of ether oxygens (including phenoxy) is 1. The zero-order valence-electron chi connectivity index (χ0n) is 11.7. The van der Waals surface area contributed by atoms with E-state index in [-0.39, 0.29) is 12.5 Å². The summed E-state index contributed by atoms with van der Waals surface area (Å²) in [6, 6.07) is 9.23. The number of carboxylic acid groups (broad SMARTS) is 1. The second-order valence-electron chi connectivity index (χ2n) is 5.42. The molecule has 1 aromatic carbocycles. The van der Waals surface area contributed by atoms with Crippen LogP contribution >= 0.6 is 0 Å². The maximum Gasteiger partial charge on any atom is 0.408 e. The maximum atomic E-state index is 11.8. The molecule has 2 rings (SSSR count). The Kier molecular flexibility index (Phi) is 4.80. The third-order valence-electron chi connectivity index (χ3n) is 3.91. The number of hydrogen-bond donors (Lipinski definition) is 3. The average Bonchev–Trinajstić information content (AvgIpc) is 2.91. The number of hydrogen-bond acceptors (Lipinski definition) is 4. The van der Waals surface area contributed by atoms with E-state index in [0.717, 1.165) is 5.56 Å². The Morgan fingerprint density at radius 1 is 1.38 bits per heavy atom. The largest absolute Gasteiger partial charge is 0.480 e. The van der Waals surface area contributed by atoms with Gasteiger partial charge in [0.1, 0.15) is 12.1 Å². The van der Waals surface area contributed by atoms with Crippen molar-refractivity contribution in [3.63, 3.8) is 0 Å². The molecule has 0 heterocycles. The Morgan fingerprint density at radius 3 is 2.67 bits per heavy atom. The number of carbonyl (C=O) groups excluding carboxylic acids is 1. The maximum absolute atomic E-state index is 11.8. The van der Waals surface area contributed by atoms with Gasteiger partial charge in [-0.3, -0.25) is 0 Å². The zero-order valence-corrected chi connectivity index (χ0v) is 11.7. The van der Waals surface area contributed by atoms with Crippen LogP contribution < -0.4 is 11.1 Å². The Hall–Kier alpha value is -2.08. The molecule has 21 heavy (non-hydrogen) atoms. The number of alkyl carbamates (subject to hydrolysis) is 1. The van der Waals surface area contributed by atoms with E-state index in [1.54, 1.807) is 0 Å². The van der Waals surface area contributed by atoms with Crippen molar-refractivity contribution in [2.75, 3.05) is 6.54 Å². The fourth-order valence-electron chi connectivity index (χ4n) is 2.66. The molecular weight excluding hydrogens is 272 g/mol. The van der Waals surface area contributed by atoms with Crippen LogP contribution in [0.25, 0.3) is 0 Å². The van der Waals surface area contributed by atoms with Gasteiger partial charge in [-0.05, 0) is 37.3 Å². The first kappa shape index (κ1) is 15.3. The molecule has 6 heteroatoms. The summed E-state index contributed by atoms with van der Waals surface area (Å²) in [4.78, 5) is 23.3. The van der Waals surface area contributed by atoms with Crippen molar-refractivity contribution in [1.82, 2.24) is 5.32 Å². The van der Waals surface area contributed by atoms with Crippen molar-refractivity contribution in [3.05, 3.63) is 35.9 Å². The van der Waals surface area contributed by atoms with Gasteiger partial charge in [0, 0.05) is 0 Å². The number of aliphatic carboxylic acids is 1. The molecule has 1 aliphatic carbocycles. The number of rotatable bonds is 5. The molecule has 1 aromatic rings. The van der Waals surface area contributed by atoms with Crippen LogP contribution in [0.1, 0.15) is 24.8 Å². The summed E-state index contributed by atoms with van der Waals surface area (Å²) in [6.45, 7) is 0.540. The molecule has 0 radical (unpaired) electrons. The van der Waals surface area contributed by atoms with Crippen LogP contribution in [0.5, 0.6) is 0 Å². The van der Waals surface area contributed by atoms with E-state index in [1.165, 1.54) is 0 Å². The number of amides is 1. The molecular formula is C15H20N2O4. The quantitative estimate of drug-likeness (QED) is 0.763. The summed E-state index contributed by atoms with van der Waals surface area (Å²) >= 11 is 0. The van der Waals surface area contributed by atoms with Gasteiger partial charge in [-0.15, -0.1) is 0 Å². The molecule has 1 saturated carbocycles. The molecule has 2 unspecified atom stereocenters. The minimum absolute atomic E-state index is 0.114. The highest BCUT2D eigenvalue weighted by Crippen LogP contribution is 2.34. The standard InChI is InChI=1S/C15H20N2O4/c16-9-12-6-7-15(8-12,13(18)19)17-14(20)21-10-11-4-2-1-3-5-11/h1-5,12H,6-10,16H2,(H,17,20)(H,18,19). The van der Waals surface area contributed by atoms with E-state index in [1.807, 2.05) is 30.3 Å². The lowest BCUT2D eigenvalue weighted by Crippen LogP contribution is -2.53. The van der Waals surface area contributed by atoms with Gasteiger partial charge in [-0.25, -0.2) is 9.59 Å². The number of nitrogens with one attached hydrogen (secondary N) is 1. The van der Waals surface area contributed by atoms with E-state index >= 15 is 0 Å². The van der Waals surface area contributed by atoms with Crippen LogP contribution in [-0.2, 0) is 16.1 Å². The normalized spacial score (nSPS) is 24.5. The third kappa shape index (κ3) is 3.72. The van der Waals surface area contributed by atoms with Crippen molar-refractivity contribution in [1.29, 1.82) is 0 Å². The van der Waals surface area contributed by atoms with Gasteiger partial charge in [0.15, 0.2) is 0 Å². The molecule has 0 aliphatic heterocycles. The Labute approximate surface area is 123 Å². The van der Waals surface area contributed by atoms with Crippen LogP contribution in [0.3, 0.4) is 0 Å². The second-order valence-corrected chi connectivity index (χ2v) is 5.42. The average molecular weight is 292 g/mol. The third-order valence-corrected chi connectivity index (χ3v) is 3.91. The van der Waals surface area contributed by atoms with Crippen LogP contribution in [0.2, 0.25) is 0 Å². The molecule has 1 amide bonds. The predicted molar refractivity (Wildman–Crippen MR) is 76.5 cm³/mol. The van der Waals surface area contributed by atoms with Gasteiger partial charge >= 0.3 is 12.1 Å². The van der Waals surface area contributed by atoms with Crippen molar-refractivity contribution in [3.8, 4) is 0 Å². The van der Waals surface area contributed by atoms with Gasteiger partial charge in [0.2, 0.25) is 0 Å². The zero-order chi connectivity index (χ0) is 15.3. The van der Waals surface area contributed by atoms with Crippen LogP contribution in [0.15, 0.2) is 30.3 Å². The molecule has 0 bridgehead atoms. The Bertz CT molecular complexity index is 506. The first-order valence-electron chi connectivity index (χ1n) is 6.98. The highest BCUT2D eigenvalue weighted by Gasteiger charge is 2.46. The Morgan fingerprint density at radius 2 is 2.10 bits per heavy atom. The van der Waals surface area contributed by atoms with Crippen molar-refractivity contribution in [2.24, 2.45) is 11.7 Å². The van der Waals surface area contributed by atoms with Gasteiger partial charge in [0.25, 0.3) is 0 Å². The minimum atomic E-state index is -1.25. The van der Waals surface area contributed by atoms with E-state index < -0.39 is 17.6 Å². The van der Waals surface area contributed by atoms with E-state index in [0.29, 0.717) is 25.8 Å². The van der Waals surface area contributed by atoms with Gasteiger partial charge in [0.05, 0.1) is 0 Å². The molecule has 6 nitrogen and oxygen atoms in total. The molecule has 0 spiro atoms. The fraction of sp³-hybridized carbons (Fsp3) is 0.467. The molecule has 114 valence electrons. The molecule has 0 aromatic heterocycles. The van der Waals surface area contributed by atoms with Gasteiger partial charge < -0.3 is 20.9 Å². The van der Waals surface area contributed by atoms with Crippen molar-refractivity contribution in [2.45, 2.75) is 31.4 Å². The summed E-state index contributed by atoms with van der Waals surface area (Å²) in [6.07, 6.45) is 0.713. The van der Waals surface area contributed by atoms with E-state index in [2.05, 4.69) is 5.32 Å². The van der Waals surface area contributed by atoms with E-state index in [4.69, 9.17) is 10.5 Å². The fourth-order valence-corrected chi connectivity index (χ4v) is 2.66. The summed E-state index contributed by atoms with van der Waals surface area (Å²) < 4.78 is 5.09. The smallest absolute Gasteiger partial charge is 0.408 e. The van der Waals surface area contributed by atoms with Crippen molar-refractivity contribution >= 4 is 12.1 Å². The summed E-state index contributed by atoms with van der Waals surface area (Å²) in [5.41, 5.74) is 5.18. The Balaban J connectivity index is 1.92. The van der Waals surface area contributed by atoms with Gasteiger partial charge in [-0.1, -0.05) is 30.3 Å². The van der Waals surface area contributed by atoms with Gasteiger partial charge in [-0.2, -0.15) is 0 Å². The SMILES string of the molecule is NCC1CCC(NC(=O)OCc2ccccc2)(C(=O)O)C1. The highest BCUT2D eigenvalue weighted by molar-refractivity contribution is 5.84. The second kappa shape index (κ2) is 6.58. The lowest BCUT2D eigenvalue weighted by molar-refractivity contribution is -0.144. The van der Waals surface area contributed by atoms with Crippen LogP contribution in [0.4, 0.5) is 4.79 Å². The predicted octanol–water partition coefficient (Wildman–Crippen LogP) is 1.49. The first-order chi connectivity index (χ1) is 10.1. The summed E-state index contributed by atoms with van der Waals surface area (Å²) in [5, 5.41) is 11.9. The monoisotopic (exact) mass is 292 g/mol. The number of nitrogens with two attached hydrogens (primary N) is 1. The molecule has 2 atom stereocenters.